The Morgan fingerprint density at radius 1 is 1.07 bits per heavy atom. The number of ether oxygens (including phenoxy) is 2. The molecule has 0 spiro atoms. The number of hydrogen-bond donors (Lipinski definition) is 0. The van der Waals surface area contributed by atoms with E-state index in [-0.39, 0.29) is 18.5 Å². The quantitative estimate of drug-likeness (QED) is 0.307. The minimum absolute atomic E-state index is 0.104. The van der Waals surface area contributed by atoms with Gasteiger partial charge in [-0.1, -0.05) is 55.2 Å². The van der Waals surface area contributed by atoms with Crippen LogP contribution in [0.4, 0.5) is 0 Å². The van der Waals surface area contributed by atoms with E-state index in [9.17, 15) is 4.79 Å². The molecule has 1 aromatic heterocycles. The zero-order valence-corrected chi connectivity index (χ0v) is 17.9. The molecule has 0 amide bonds. The van der Waals surface area contributed by atoms with Crippen molar-refractivity contribution in [3.63, 3.8) is 0 Å². The molecule has 7 heteroatoms. The molecule has 29 heavy (non-hydrogen) atoms. The number of nitrogens with zero attached hydrogens (tertiary/aromatic N) is 1. The number of esters is 1. The van der Waals surface area contributed by atoms with E-state index < -0.39 is 0 Å². The summed E-state index contributed by atoms with van der Waals surface area (Å²) in [6, 6.07) is 12.1. The van der Waals surface area contributed by atoms with Crippen LogP contribution >= 0.6 is 23.2 Å². The van der Waals surface area contributed by atoms with Gasteiger partial charge in [-0.2, -0.15) is 0 Å². The standard InChI is InChI=1S/C22H21Cl2NO4/c1-4-19(26)28-15-10-8-14(9-11-15)27-12-16-21(25-29-22(16)13(2)3)20-17(23)6-5-7-18(20)24/h5-11,13H,4,12H2,1-3H3. The van der Waals surface area contributed by atoms with E-state index in [0.717, 1.165) is 5.56 Å². The Balaban J connectivity index is 1.85. The number of benzene rings is 2. The molecule has 0 atom stereocenters. The predicted octanol–water partition coefficient (Wildman–Crippen LogP) is 6.67. The zero-order chi connectivity index (χ0) is 21.0. The second-order valence-electron chi connectivity index (χ2n) is 6.71. The molecule has 0 aliphatic carbocycles. The summed E-state index contributed by atoms with van der Waals surface area (Å²) in [7, 11) is 0. The van der Waals surface area contributed by atoms with Crippen LogP contribution in [0.15, 0.2) is 47.0 Å². The molecule has 152 valence electrons. The molecule has 0 bridgehead atoms. The van der Waals surface area contributed by atoms with Crippen LogP contribution in [0.2, 0.25) is 10.0 Å². The zero-order valence-electron chi connectivity index (χ0n) is 16.4. The summed E-state index contributed by atoms with van der Waals surface area (Å²) in [6.45, 7) is 5.99. The SMILES string of the molecule is CCC(=O)Oc1ccc(OCc2c(-c3c(Cl)cccc3Cl)noc2C(C)C)cc1. The van der Waals surface area contributed by atoms with Gasteiger partial charge in [0.05, 0.1) is 15.6 Å². The van der Waals surface area contributed by atoms with Crippen molar-refractivity contribution in [3.05, 3.63) is 63.8 Å². The molecule has 0 N–H and O–H groups in total. The van der Waals surface area contributed by atoms with E-state index >= 15 is 0 Å². The van der Waals surface area contributed by atoms with Gasteiger partial charge in [-0.25, -0.2) is 0 Å². The van der Waals surface area contributed by atoms with Gasteiger partial charge < -0.3 is 14.0 Å². The highest BCUT2D eigenvalue weighted by Gasteiger charge is 2.23. The van der Waals surface area contributed by atoms with Gasteiger partial charge in [-0.3, -0.25) is 4.79 Å². The fourth-order valence-electron chi connectivity index (χ4n) is 2.80. The highest BCUT2D eigenvalue weighted by molar-refractivity contribution is 6.39. The van der Waals surface area contributed by atoms with Crippen LogP contribution in [-0.2, 0) is 11.4 Å². The molecule has 0 saturated carbocycles. The normalized spacial score (nSPS) is 11.0. The lowest BCUT2D eigenvalue weighted by Gasteiger charge is -2.11. The summed E-state index contributed by atoms with van der Waals surface area (Å²) in [4.78, 5) is 11.4. The number of carbonyl (C=O) groups excluding carboxylic acids is 1. The molecule has 5 nitrogen and oxygen atoms in total. The maximum atomic E-state index is 11.4. The summed E-state index contributed by atoms with van der Waals surface area (Å²) < 4.78 is 16.7. The van der Waals surface area contributed by atoms with Crippen molar-refractivity contribution >= 4 is 29.2 Å². The van der Waals surface area contributed by atoms with E-state index in [1.54, 1.807) is 49.4 Å². The van der Waals surface area contributed by atoms with E-state index in [4.69, 9.17) is 37.2 Å². The van der Waals surface area contributed by atoms with Gasteiger partial charge in [0.15, 0.2) is 0 Å². The number of rotatable bonds is 7. The topological polar surface area (TPSA) is 61.6 Å². The molecule has 0 fully saturated rings. The third kappa shape index (κ3) is 4.92. The summed E-state index contributed by atoms with van der Waals surface area (Å²) >= 11 is 12.7. The Morgan fingerprint density at radius 2 is 1.69 bits per heavy atom. The lowest BCUT2D eigenvalue weighted by Crippen LogP contribution is -2.05. The molecular weight excluding hydrogens is 413 g/mol. The van der Waals surface area contributed by atoms with Gasteiger partial charge in [0, 0.05) is 17.9 Å². The lowest BCUT2D eigenvalue weighted by molar-refractivity contribution is -0.134. The molecule has 3 rings (SSSR count). The van der Waals surface area contributed by atoms with Crippen LogP contribution in [0.1, 0.15) is 44.4 Å². The minimum atomic E-state index is -0.286. The summed E-state index contributed by atoms with van der Waals surface area (Å²) in [5, 5.41) is 5.20. The second-order valence-corrected chi connectivity index (χ2v) is 7.53. The Morgan fingerprint density at radius 3 is 2.28 bits per heavy atom. The number of halogens is 2. The van der Waals surface area contributed by atoms with Crippen molar-refractivity contribution in [1.29, 1.82) is 0 Å². The monoisotopic (exact) mass is 433 g/mol. The molecule has 0 unspecified atom stereocenters. The van der Waals surface area contributed by atoms with Crippen LogP contribution in [-0.4, -0.2) is 11.1 Å². The van der Waals surface area contributed by atoms with Crippen molar-refractivity contribution in [1.82, 2.24) is 5.16 Å². The highest BCUT2D eigenvalue weighted by atomic mass is 35.5. The van der Waals surface area contributed by atoms with Gasteiger partial charge in [0.2, 0.25) is 0 Å². The summed E-state index contributed by atoms with van der Waals surface area (Å²) in [5.74, 6) is 1.62. The molecule has 0 aliphatic rings. The van der Waals surface area contributed by atoms with Crippen LogP contribution in [0.3, 0.4) is 0 Å². The van der Waals surface area contributed by atoms with Crippen molar-refractivity contribution < 1.29 is 18.8 Å². The van der Waals surface area contributed by atoms with Crippen molar-refractivity contribution in [2.24, 2.45) is 0 Å². The smallest absolute Gasteiger partial charge is 0.310 e. The molecule has 3 aromatic rings. The van der Waals surface area contributed by atoms with Gasteiger partial charge in [0.1, 0.15) is 29.6 Å². The Labute approximate surface area is 179 Å². The first-order valence-electron chi connectivity index (χ1n) is 9.27. The van der Waals surface area contributed by atoms with E-state index in [0.29, 0.717) is 45.0 Å². The van der Waals surface area contributed by atoms with Crippen LogP contribution in [0.5, 0.6) is 11.5 Å². The highest BCUT2D eigenvalue weighted by Crippen LogP contribution is 2.38. The summed E-state index contributed by atoms with van der Waals surface area (Å²) in [5.41, 5.74) is 1.97. The number of carbonyl (C=O) groups is 1. The molecule has 0 saturated heterocycles. The van der Waals surface area contributed by atoms with E-state index in [2.05, 4.69) is 5.16 Å². The first-order valence-corrected chi connectivity index (χ1v) is 10.0. The summed E-state index contributed by atoms with van der Waals surface area (Å²) in [6.07, 6.45) is 0.317. The van der Waals surface area contributed by atoms with Gasteiger partial charge in [0.25, 0.3) is 0 Å². The minimum Gasteiger partial charge on any atom is -0.489 e. The number of aromatic nitrogens is 1. The maximum Gasteiger partial charge on any atom is 0.310 e. The fourth-order valence-corrected chi connectivity index (χ4v) is 3.38. The fraction of sp³-hybridized carbons (Fsp3) is 0.273. The molecular formula is C22H21Cl2NO4. The van der Waals surface area contributed by atoms with E-state index in [1.165, 1.54) is 0 Å². The molecule has 2 aromatic carbocycles. The Hall–Kier alpha value is -2.50. The van der Waals surface area contributed by atoms with Crippen molar-refractivity contribution in [3.8, 4) is 22.8 Å². The van der Waals surface area contributed by atoms with Gasteiger partial charge >= 0.3 is 5.97 Å². The Kier molecular flexibility index (Phi) is 6.83. The molecule has 0 radical (unpaired) electrons. The largest absolute Gasteiger partial charge is 0.489 e. The van der Waals surface area contributed by atoms with Crippen molar-refractivity contribution in [2.75, 3.05) is 0 Å². The van der Waals surface area contributed by atoms with Crippen LogP contribution in [0.25, 0.3) is 11.3 Å². The van der Waals surface area contributed by atoms with Crippen molar-refractivity contribution in [2.45, 2.75) is 39.7 Å². The van der Waals surface area contributed by atoms with Gasteiger partial charge in [-0.15, -0.1) is 0 Å². The first-order chi connectivity index (χ1) is 13.9. The maximum absolute atomic E-state index is 11.4. The first kappa shape index (κ1) is 21.2. The molecule has 0 aliphatic heterocycles. The van der Waals surface area contributed by atoms with Crippen LogP contribution in [0, 0.1) is 0 Å². The average Bonchev–Trinajstić information content (AvgIpc) is 3.11. The van der Waals surface area contributed by atoms with E-state index in [1.807, 2.05) is 13.8 Å². The molecule has 1 heterocycles. The lowest BCUT2D eigenvalue weighted by atomic mass is 10.0. The average molecular weight is 434 g/mol. The third-order valence-corrected chi connectivity index (χ3v) is 4.90. The Bertz CT molecular complexity index is 976. The third-order valence-electron chi connectivity index (χ3n) is 4.27. The second kappa shape index (κ2) is 9.33. The predicted molar refractivity (Wildman–Crippen MR) is 113 cm³/mol. The van der Waals surface area contributed by atoms with Gasteiger partial charge in [-0.05, 0) is 36.4 Å². The number of hydrogen-bond acceptors (Lipinski definition) is 5. The van der Waals surface area contributed by atoms with Crippen LogP contribution < -0.4 is 9.47 Å².